The summed E-state index contributed by atoms with van der Waals surface area (Å²) >= 11 is 0. The summed E-state index contributed by atoms with van der Waals surface area (Å²) in [7, 11) is 1.87. The second kappa shape index (κ2) is 4.07. The first kappa shape index (κ1) is 10.7. The third kappa shape index (κ3) is 1.88. The molecule has 0 bridgehead atoms. The largest absolute Gasteiger partial charge is 0.508 e. The highest BCUT2D eigenvalue weighted by molar-refractivity contribution is 5.85. The Morgan fingerprint density at radius 2 is 1.94 bits per heavy atom. The zero-order chi connectivity index (χ0) is 12.5. The number of nitrogens with zero attached hydrogens (tertiary/aromatic N) is 2. The number of imidazole rings is 1. The zero-order valence-corrected chi connectivity index (χ0v) is 9.87. The molecule has 0 fully saturated rings. The van der Waals surface area contributed by atoms with Crippen molar-refractivity contribution in [2.45, 2.75) is 0 Å². The van der Waals surface area contributed by atoms with Crippen LogP contribution in [-0.4, -0.2) is 14.7 Å². The number of aromatic hydroxyl groups is 1. The molecule has 90 valence electrons. The van der Waals surface area contributed by atoms with E-state index in [9.17, 15) is 5.11 Å². The van der Waals surface area contributed by atoms with Gasteiger partial charge in [-0.05, 0) is 35.0 Å². The molecular formula is C14H12N2O2. The van der Waals surface area contributed by atoms with Gasteiger partial charge in [-0.15, -0.1) is 0 Å². The van der Waals surface area contributed by atoms with Gasteiger partial charge in [-0.2, -0.15) is 0 Å². The molecule has 18 heavy (non-hydrogen) atoms. The van der Waals surface area contributed by atoms with Crippen molar-refractivity contribution in [3.63, 3.8) is 0 Å². The van der Waals surface area contributed by atoms with Gasteiger partial charge in [-0.25, -0.2) is 4.98 Å². The van der Waals surface area contributed by atoms with Crippen LogP contribution in [0.15, 0.2) is 48.8 Å². The zero-order valence-electron chi connectivity index (χ0n) is 9.87. The van der Waals surface area contributed by atoms with Crippen LogP contribution >= 0.6 is 0 Å². The van der Waals surface area contributed by atoms with Crippen molar-refractivity contribution in [1.82, 2.24) is 9.55 Å². The summed E-state index contributed by atoms with van der Waals surface area (Å²) in [4.78, 5) is 4.10. The first-order chi connectivity index (χ1) is 8.72. The number of rotatable bonds is 2. The number of phenolic OH excluding ortho intramolecular Hbond substituents is 1. The Balaban J connectivity index is 2.00. The summed E-state index contributed by atoms with van der Waals surface area (Å²) in [6, 6.07) is 11.5. The summed E-state index contributed by atoms with van der Waals surface area (Å²) in [5, 5.41) is 11.5. The summed E-state index contributed by atoms with van der Waals surface area (Å²) in [5.41, 5.74) is 0. The van der Waals surface area contributed by atoms with Crippen molar-refractivity contribution in [1.29, 1.82) is 0 Å². The fourth-order valence-electron chi connectivity index (χ4n) is 1.83. The Morgan fingerprint density at radius 3 is 2.72 bits per heavy atom. The number of hydrogen-bond acceptors (Lipinski definition) is 3. The van der Waals surface area contributed by atoms with Crippen molar-refractivity contribution >= 4 is 10.8 Å². The minimum absolute atomic E-state index is 0.247. The van der Waals surface area contributed by atoms with Gasteiger partial charge in [-0.1, -0.05) is 12.1 Å². The number of hydrogen-bond donors (Lipinski definition) is 1. The van der Waals surface area contributed by atoms with E-state index in [1.807, 2.05) is 37.5 Å². The lowest BCUT2D eigenvalue weighted by Gasteiger charge is -2.06. The van der Waals surface area contributed by atoms with Gasteiger partial charge < -0.3 is 14.4 Å². The first-order valence-electron chi connectivity index (χ1n) is 5.60. The Bertz CT molecular complexity index is 704. The number of benzene rings is 2. The molecule has 0 amide bonds. The van der Waals surface area contributed by atoms with Gasteiger partial charge in [0.2, 0.25) is 0 Å². The van der Waals surface area contributed by atoms with Crippen LogP contribution in [0.4, 0.5) is 0 Å². The van der Waals surface area contributed by atoms with Crippen LogP contribution in [-0.2, 0) is 7.05 Å². The summed E-state index contributed by atoms with van der Waals surface area (Å²) in [6.45, 7) is 0. The lowest BCUT2D eigenvalue weighted by atomic mass is 10.1. The SMILES string of the molecule is Cn1ccnc1Oc1ccc2ccc(O)cc2c1. The second-order valence-corrected chi connectivity index (χ2v) is 4.12. The second-order valence-electron chi connectivity index (χ2n) is 4.12. The molecule has 0 atom stereocenters. The van der Waals surface area contributed by atoms with Crippen molar-refractivity contribution in [3.8, 4) is 17.5 Å². The molecule has 4 heteroatoms. The monoisotopic (exact) mass is 240 g/mol. The average molecular weight is 240 g/mol. The quantitative estimate of drug-likeness (QED) is 0.748. The Kier molecular flexibility index (Phi) is 2.41. The highest BCUT2D eigenvalue weighted by Gasteiger charge is 2.03. The number of ether oxygens (including phenoxy) is 1. The molecule has 0 spiro atoms. The number of fused-ring (bicyclic) bond motifs is 1. The van der Waals surface area contributed by atoms with E-state index in [1.54, 1.807) is 22.9 Å². The molecule has 0 radical (unpaired) electrons. The van der Waals surface area contributed by atoms with Crippen molar-refractivity contribution in [2.75, 3.05) is 0 Å². The van der Waals surface area contributed by atoms with Crippen molar-refractivity contribution in [2.24, 2.45) is 7.05 Å². The molecule has 3 rings (SSSR count). The van der Waals surface area contributed by atoms with E-state index in [0.717, 1.165) is 10.8 Å². The fraction of sp³-hybridized carbons (Fsp3) is 0.0714. The highest BCUT2D eigenvalue weighted by Crippen LogP contribution is 2.26. The molecule has 1 N–H and O–H groups in total. The maximum atomic E-state index is 9.46. The van der Waals surface area contributed by atoms with Crippen LogP contribution < -0.4 is 4.74 Å². The minimum atomic E-state index is 0.247. The van der Waals surface area contributed by atoms with Gasteiger partial charge in [0.15, 0.2) is 0 Å². The Morgan fingerprint density at radius 1 is 1.11 bits per heavy atom. The van der Waals surface area contributed by atoms with Crippen molar-refractivity contribution < 1.29 is 9.84 Å². The van der Waals surface area contributed by atoms with E-state index in [2.05, 4.69) is 4.98 Å². The summed E-state index contributed by atoms with van der Waals surface area (Å²) in [6.07, 6.45) is 3.50. The predicted octanol–water partition coefficient (Wildman–Crippen LogP) is 3.07. The van der Waals surface area contributed by atoms with E-state index in [4.69, 9.17) is 4.74 Å². The highest BCUT2D eigenvalue weighted by atomic mass is 16.5. The average Bonchev–Trinajstić information content (AvgIpc) is 2.74. The smallest absolute Gasteiger partial charge is 0.301 e. The van der Waals surface area contributed by atoms with Crippen LogP contribution in [0.3, 0.4) is 0 Å². The third-order valence-electron chi connectivity index (χ3n) is 2.78. The van der Waals surface area contributed by atoms with Crippen LogP contribution in [0, 0.1) is 0 Å². The molecule has 0 aliphatic rings. The van der Waals surface area contributed by atoms with Gasteiger partial charge in [-0.3, -0.25) is 0 Å². The van der Waals surface area contributed by atoms with E-state index in [-0.39, 0.29) is 5.75 Å². The number of phenols is 1. The molecule has 4 nitrogen and oxygen atoms in total. The minimum Gasteiger partial charge on any atom is -0.508 e. The van der Waals surface area contributed by atoms with Gasteiger partial charge in [0, 0.05) is 19.4 Å². The van der Waals surface area contributed by atoms with E-state index in [0.29, 0.717) is 11.8 Å². The van der Waals surface area contributed by atoms with E-state index in [1.165, 1.54) is 0 Å². The van der Waals surface area contributed by atoms with Gasteiger partial charge >= 0.3 is 6.01 Å². The summed E-state index contributed by atoms with van der Waals surface area (Å²) in [5.74, 6) is 0.944. The van der Waals surface area contributed by atoms with Crippen LogP contribution in [0.25, 0.3) is 10.8 Å². The predicted molar refractivity (Wildman–Crippen MR) is 68.9 cm³/mol. The molecular weight excluding hydrogens is 228 g/mol. The molecule has 1 heterocycles. The van der Waals surface area contributed by atoms with Crippen LogP contribution in [0.5, 0.6) is 17.5 Å². The van der Waals surface area contributed by atoms with Gasteiger partial charge in [0.25, 0.3) is 0 Å². The lowest BCUT2D eigenvalue weighted by molar-refractivity contribution is 0.425. The third-order valence-corrected chi connectivity index (χ3v) is 2.78. The molecule has 0 unspecified atom stereocenters. The molecule has 0 saturated carbocycles. The maximum Gasteiger partial charge on any atom is 0.301 e. The van der Waals surface area contributed by atoms with Crippen LogP contribution in [0.1, 0.15) is 0 Å². The standard InChI is InChI=1S/C14H12N2O2/c1-16-7-6-15-14(16)18-13-5-3-10-2-4-12(17)8-11(10)9-13/h2-9,17H,1H3. The molecule has 3 aromatic rings. The Labute approximate surface area is 104 Å². The fourth-order valence-corrected chi connectivity index (χ4v) is 1.83. The van der Waals surface area contributed by atoms with Crippen molar-refractivity contribution in [3.05, 3.63) is 48.8 Å². The van der Waals surface area contributed by atoms with E-state index < -0.39 is 0 Å². The van der Waals surface area contributed by atoms with Gasteiger partial charge in [0.05, 0.1) is 0 Å². The van der Waals surface area contributed by atoms with Crippen LogP contribution in [0.2, 0.25) is 0 Å². The molecule has 0 saturated heterocycles. The lowest BCUT2D eigenvalue weighted by Crippen LogP contribution is -1.93. The topological polar surface area (TPSA) is 47.3 Å². The molecule has 0 aliphatic carbocycles. The maximum absolute atomic E-state index is 9.46. The first-order valence-corrected chi connectivity index (χ1v) is 5.60. The van der Waals surface area contributed by atoms with E-state index >= 15 is 0 Å². The number of aromatic nitrogens is 2. The Hall–Kier alpha value is -2.49. The number of aryl methyl sites for hydroxylation is 1. The molecule has 1 aromatic heterocycles. The molecule has 0 aliphatic heterocycles. The molecule has 2 aromatic carbocycles. The normalized spacial score (nSPS) is 10.7. The van der Waals surface area contributed by atoms with Gasteiger partial charge in [0.1, 0.15) is 11.5 Å². The summed E-state index contributed by atoms with van der Waals surface area (Å²) < 4.78 is 7.47.